The average molecular weight is 218 g/mol. The van der Waals surface area contributed by atoms with E-state index in [4.69, 9.17) is 0 Å². The maximum Gasteiger partial charge on any atom is 0.0419 e. The summed E-state index contributed by atoms with van der Waals surface area (Å²) in [6.45, 7) is 0. The molecular formula is C14H22N2. The van der Waals surface area contributed by atoms with E-state index in [1.165, 1.54) is 37.8 Å². The van der Waals surface area contributed by atoms with Crippen molar-refractivity contribution >= 4 is 0 Å². The zero-order chi connectivity index (χ0) is 11.2. The first kappa shape index (κ1) is 11.6. The highest BCUT2D eigenvalue weighted by molar-refractivity contribution is 5.05. The summed E-state index contributed by atoms with van der Waals surface area (Å²) in [5.74, 6) is 0.848. The molecule has 0 saturated heterocycles. The number of pyridine rings is 1. The molecule has 2 rings (SSSR count). The second-order valence-corrected chi connectivity index (χ2v) is 4.82. The normalized spacial score (nSPS) is 19.6. The molecule has 0 spiro atoms. The van der Waals surface area contributed by atoms with Gasteiger partial charge >= 0.3 is 0 Å². The number of likely N-dealkylation sites (N-methyl/N-ethyl adjacent to an activating group) is 1. The summed E-state index contributed by atoms with van der Waals surface area (Å²) in [4.78, 5) is 4.42. The second kappa shape index (κ2) is 6.00. The molecule has 2 heteroatoms. The number of aromatic nitrogens is 1. The number of nitrogens with zero attached hydrogens (tertiary/aromatic N) is 1. The van der Waals surface area contributed by atoms with Crippen molar-refractivity contribution in [2.45, 2.75) is 44.6 Å². The molecule has 1 aliphatic rings. The monoisotopic (exact) mass is 218 g/mol. The molecule has 0 bridgehead atoms. The Morgan fingerprint density at radius 2 is 2.12 bits per heavy atom. The van der Waals surface area contributed by atoms with Crippen LogP contribution in [0, 0.1) is 5.92 Å². The molecule has 0 radical (unpaired) electrons. The molecule has 1 unspecified atom stereocenters. The van der Waals surface area contributed by atoms with Crippen molar-refractivity contribution in [2.24, 2.45) is 5.92 Å². The van der Waals surface area contributed by atoms with E-state index in [0.29, 0.717) is 6.04 Å². The molecule has 0 aromatic carbocycles. The van der Waals surface area contributed by atoms with Gasteiger partial charge in [0.2, 0.25) is 0 Å². The Balaban J connectivity index is 1.94. The van der Waals surface area contributed by atoms with Gasteiger partial charge in [-0.15, -0.1) is 0 Å². The van der Waals surface area contributed by atoms with Crippen LogP contribution in [0.25, 0.3) is 0 Å². The van der Waals surface area contributed by atoms with Crippen molar-refractivity contribution < 1.29 is 0 Å². The average Bonchev–Trinajstić information content (AvgIpc) is 2.38. The van der Waals surface area contributed by atoms with E-state index in [-0.39, 0.29) is 0 Å². The van der Waals surface area contributed by atoms with Gasteiger partial charge < -0.3 is 5.32 Å². The van der Waals surface area contributed by atoms with Gasteiger partial charge in [0.05, 0.1) is 0 Å². The van der Waals surface area contributed by atoms with Gasteiger partial charge in [-0.05, 0) is 37.9 Å². The summed E-state index contributed by atoms with van der Waals surface area (Å²) in [6, 6.07) is 6.80. The third-order valence-corrected chi connectivity index (χ3v) is 3.74. The first-order valence-electron chi connectivity index (χ1n) is 6.47. The quantitative estimate of drug-likeness (QED) is 0.840. The highest BCUT2D eigenvalue weighted by Crippen LogP contribution is 2.27. The fourth-order valence-electron chi connectivity index (χ4n) is 2.79. The van der Waals surface area contributed by atoms with Gasteiger partial charge in [0.15, 0.2) is 0 Å². The van der Waals surface area contributed by atoms with Crippen LogP contribution in [0.4, 0.5) is 0 Å². The smallest absolute Gasteiger partial charge is 0.0419 e. The largest absolute Gasteiger partial charge is 0.316 e. The molecule has 1 atom stereocenters. The minimum absolute atomic E-state index is 0.607. The van der Waals surface area contributed by atoms with Gasteiger partial charge in [-0.25, -0.2) is 0 Å². The second-order valence-electron chi connectivity index (χ2n) is 4.82. The predicted molar refractivity (Wildman–Crippen MR) is 67.4 cm³/mol. The highest BCUT2D eigenvalue weighted by atomic mass is 14.9. The van der Waals surface area contributed by atoms with Gasteiger partial charge in [0.1, 0.15) is 0 Å². The highest BCUT2D eigenvalue weighted by Gasteiger charge is 2.22. The number of rotatable bonds is 4. The molecule has 1 aromatic rings. The molecule has 1 aromatic heterocycles. The molecule has 16 heavy (non-hydrogen) atoms. The van der Waals surface area contributed by atoms with E-state index in [9.17, 15) is 0 Å². The van der Waals surface area contributed by atoms with E-state index < -0.39 is 0 Å². The molecular weight excluding hydrogens is 196 g/mol. The van der Waals surface area contributed by atoms with E-state index in [0.717, 1.165) is 12.3 Å². The van der Waals surface area contributed by atoms with Crippen LogP contribution >= 0.6 is 0 Å². The molecule has 2 nitrogen and oxygen atoms in total. The molecule has 1 heterocycles. The Labute approximate surface area is 98.5 Å². The first-order chi connectivity index (χ1) is 7.90. The first-order valence-corrected chi connectivity index (χ1v) is 6.47. The van der Waals surface area contributed by atoms with Gasteiger partial charge in [-0.3, -0.25) is 4.98 Å². The molecule has 0 aliphatic heterocycles. The third-order valence-electron chi connectivity index (χ3n) is 3.74. The Morgan fingerprint density at radius 3 is 2.75 bits per heavy atom. The van der Waals surface area contributed by atoms with Gasteiger partial charge in [-0.1, -0.05) is 25.3 Å². The third kappa shape index (κ3) is 3.05. The number of hydrogen-bond acceptors (Lipinski definition) is 2. The van der Waals surface area contributed by atoms with Crippen molar-refractivity contribution in [2.75, 3.05) is 7.05 Å². The summed E-state index contributed by atoms with van der Waals surface area (Å²) in [5.41, 5.74) is 1.22. The lowest BCUT2D eigenvalue weighted by atomic mass is 9.82. The summed E-state index contributed by atoms with van der Waals surface area (Å²) < 4.78 is 0. The fourth-order valence-corrected chi connectivity index (χ4v) is 2.79. The van der Waals surface area contributed by atoms with Crippen molar-refractivity contribution in [1.82, 2.24) is 10.3 Å². The van der Waals surface area contributed by atoms with E-state index in [1.54, 1.807) is 0 Å². The van der Waals surface area contributed by atoms with Crippen molar-refractivity contribution in [3.8, 4) is 0 Å². The fraction of sp³-hybridized carbons (Fsp3) is 0.643. The zero-order valence-corrected chi connectivity index (χ0v) is 10.2. The van der Waals surface area contributed by atoms with E-state index >= 15 is 0 Å². The van der Waals surface area contributed by atoms with Crippen LogP contribution in [0.2, 0.25) is 0 Å². The lowest BCUT2D eigenvalue weighted by Gasteiger charge is -2.29. The van der Waals surface area contributed by atoms with Crippen LogP contribution in [0.15, 0.2) is 24.4 Å². The van der Waals surface area contributed by atoms with E-state index in [1.807, 2.05) is 12.3 Å². The Kier molecular flexibility index (Phi) is 4.34. The van der Waals surface area contributed by atoms with Crippen molar-refractivity contribution in [1.29, 1.82) is 0 Å². The van der Waals surface area contributed by atoms with Crippen LogP contribution in [0.3, 0.4) is 0 Å². The zero-order valence-electron chi connectivity index (χ0n) is 10.2. The van der Waals surface area contributed by atoms with Crippen LogP contribution in [-0.4, -0.2) is 18.1 Å². The lowest BCUT2D eigenvalue weighted by Crippen LogP contribution is -2.36. The Morgan fingerprint density at radius 1 is 1.31 bits per heavy atom. The molecule has 1 fully saturated rings. The Bertz CT molecular complexity index is 291. The number of hydrogen-bond donors (Lipinski definition) is 1. The molecule has 1 aliphatic carbocycles. The van der Waals surface area contributed by atoms with Gasteiger partial charge in [0.25, 0.3) is 0 Å². The maximum absolute atomic E-state index is 4.42. The predicted octanol–water partition coefficient (Wildman–Crippen LogP) is 2.79. The van der Waals surface area contributed by atoms with Crippen molar-refractivity contribution in [3.63, 3.8) is 0 Å². The molecule has 1 N–H and O–H groups in total. The van der Waals surface area contributed by atoms with Gasteiger partial charge in [-0.2, -0.15) is 0 Å². The standard InChI is InChI=1S/C14H22N2/c1-15-14(12-7-3-2-4-8-12)11-13-9-5-6-10-16-13/h5-6,9-10,12,14-15H,2-4,7-8,11H2,1H3. The minimum Gasteiger partial charge on any atom is -0.316 e. The van der Waals surface area contributed by atoms with Crippen molar-refractivity contribution in [3.05, 3.63) is 30.1 Å². The summed E-state index contributed by atoms with van der Waals surface area (Å²) in [5, 5.41) is 3.48. The molecule has 1 saturated carbocycles. The summed E-state index contributed by atoms with van der Waals surface area (Å²) in [6.07, 6.45) is 9.98. The van der Waals surface area contributed by atoms with E-state index in [2.05, 4.69) is 29.5 Å². The SMILES string of the molecule is CNC(Cc1ccccn1)C1CCCCC1. The lowest BCUT2D eigenvalue weighted by molar-refractivity contribution is 0.275. The number of nitrogens with one attached hydrogen (secondary N) is 1. The molecule has 88 valence electrons. The maximum atomic E-state index is 4.42. The van der Waals surface area contributed by atoms with Crippen LogP contribution in [0.5, 0.6) is 0 Å². The van der Waals surface area contributed by atoms with Gasteiger partial charge in [0, 0.05) is 24.4 Å². The molecule has 0 amide bonds. The van der Waals surface area contributed by atoms with Crippen LogP contribution in [-0.2, 0) is 6.42 Å². The summed E-state index contributed by atoms with van der Waals surface area (Å²) in [7, 11) is 2.09. The summed E-state index contributed by atoms with van der Waals surface area (Å²) >= 11 is 0. The topological polar surface area (TPSA) is 24.9 Å². The van der Waals surface area contributed by atoms with Crippen LogP contribution in [0.1, 0.15) is 37.8 Å². The van der Waals surface area contributed by atoms with Crippen LogP contribution < -0.4 is 5.32 Å². The minimum atomic E-state index is 0.607. The Hall–Kier alpha value is -0.890.